The van der Waals surface area contributed by atoms with Crippen LogP contribution in [0.5, 0.6) is 0 Å². The highest BCUT2D eigenvalue weighted by atomic mass is 16.4. The summed E-state index contributed by atoms with van der Waals surface area (Å²) in [6.45, 7) is 0.767. The molecule has 0 heterocycles. The fraction of sp³-hybridized carbons (Fsp3) is 0.733. The van der Waals surface area contributed by atoms with Crippen molar-refractivity contribution in [2.45, 2.75) is 73.9 Å². The van der Waals surface area contributed by atoms with Gasteiger partial charge in [0.1, 0.15) is 61.0 Å². The van der Waals surface area contributed by atoms with Gasteiger partial charge in [0.25, 0.3) is 0 Å². The summed E-state index contributed by atoms with van der Waals surface area (Å²) in [7, 11) is 0. The van der Waals surface area contributed by atoms with Gasteiger partial charge < -0.3 is 123 Å². The van der Waals surface area contributed by atoms with Crippen molar-refractivity contribution in [1.29, 1.82) is 0 Å². The minimum atomic E-state index is -1.27. The zero-order valence-corrected chi connectivity index (χ0v) is 31.0. The van der Waals surface area contributed by atoms with Crippen LogP contribution in [0.25, 0.3) is 0 Å². The van der Waals surface area contributed by atoms with Gasteiger partial charge in [-0.3, -0.25) is 9.59 Å². The maximum absolute atomic E-state index is 9.87. The maximum Gasteiger partial charge on any atom is 0.331 e. The molecular weight excluding hydrogens is 808 g/mol. The molecule has 10 atom stereocenters. The molecule has 0 aromatic heterocycles. The second kappa shape index (κ2) is 46.3. The number of aliphatic carboxylic acids is 4. The molecule has 0 rings (SSSR count). The molecule has 0 aromatic carbocycles. The minimum absolute atomic E-state index is 0.303. The number of carbonyl (C=O) groups is 4. The summed E-state index contributed by atoms with van der Waals surface area (Å²) >= 11 is 0. The maximum atomic E-state index is 9.87. The molecule has 0 saturated carbocycles. The van der Waals surface area contributed by atoms with Crippen LogP contribution < -0.4 is 0 Å². The molecule has 0 fully saturated rings. The normalized spacial score (nSPS) is 15.0. The van der Waals surface area contributed by atoms with Crippen LogP contribution in [-0.4, -0.2) is 274 Å². The summed E-state index contributed by atoms with van der Waals surface area (Å²) in [5, 5.41) is 198. The van der Waals surface area contributed by atoms with Crippen molar-refractivity contribution in [3.63, 3.8) is 0 Å². The molecule has 0 unspecified atom stereocenters. The molecule has 0 bridgehead atoms. The third-order valence-electron chi connectivity index (χ3n) is 5.43. The third kappa shape index (κ3) is 50.6. The lowest BCUT2D eigenvalue weighted by molar-refractivity contribution is -0.139. The number of hydrogen-bond donors (Lipinski definition) is 24. The molecule has 0 aromatic rings. The minimum Gasteiger partial charge on any atom is -0.481 e. The van der Waals surface area contributed by atoms with Crippen LogP contribution >= 0.6 is 0 Å². The molecule has 0 amide bonds. The quantitative estimate of drug-likeness (QED) is 0.0476. The van der Waals surface area contributed by atoms with E-state index in [4.69, 9.17) is 123 Å². The topological polar surface area (TPSA) is 554 Å². The Morgan fingerprint density at radius 1 is 0.293 bits per heavy atom. The predicted molar refractivity (Wildman–Crippen MR) is 189 cm³/mol. The summed E-state index contributed by atoms with van der Waals surface area (Å²) in [5.41, 5.74) is -0.606. The van der Waals surface area contributed by atoms with Crippen molar-refractivity contribution >= 4 is 23.9 Å². The third-order valence-corrected chi connectivity index (χ3v) is 5.43. The van der Waals surface area contributed by atoms with Gasteiger partial charge in [-0.15, -0.1) is 0 Å². The van der Waals surface area contributed by atoms with Gasteiger partial charge in [-0.2, -0.15) is 0 Å². The number of hydrogen-bond acceptors (Lipinski definition) is 24. The molecule has 0 spiro atoms. The van der Waals surface area contributed by atoms with Gasteiger partial charge in [0.2, 0.25) is 0 Å². The SMILES string of the molecule is C=C(CC(=O)O)C(=O)O.C=C(CC(=O)O)C(=O)O.OC[C@@H](O)[C@@H](O)CO.OC[C@@H](O)[C@@H](O)CO.OC[C@@H](O)[C@@H](O)CO.OC[C@@H](O)[C@@H](O)CO.OC[C@@H](O)[C@@H](O)CO. The monoisotopic (exact) mass is 870 g/mol. The second-order valence-electron chi connectivity index (χ2n) is 10.5. The predicted octanol–water partition coefficient (Wildman–Crippen LogP) is -11.3. The summed E-state index contributed by atoms with van der Waals surface area (Å²) in [4.78, 5) is 39.3. The van der Waals surface area contributed by atoms with E-state index >= 15 is 0 Å². The van der Waals surface area contributed by atoms with Gasteiger partial charge in [0, 0.05) is 11.1 Å². The molecule has 28 heteroatoms. The Hall–Kier alpha value is -3.44. The second-order valence-corrected chi connectivity index (χ2v) is 10.5. The lowest BCUT2D eigenvalue weighted by Crippen LogP contribution is -2.31. The number of aliphatic hydroxyl groups excluding tert-OH is 20. The highest BCUT2D eigenvalue weighted by Crippen LogP contribution is 1.97. The first-order valence-corrected chi connectivity index (χ1v) is 15.8. The van der Waals surface area contributed by atoms with Crippen LogP contribution in [0.2, 0.25) is 0 Å². The molecule has 24 N–H and O–H groups in total. The Balaban J connectivity index is -0.000000105. The smallest absolute Gasteiger partial charge is 0.331 e. The number of carboxylic acid groups (broad SMARTS) is 4. The van der Waals surface area contributed by atoms with E-state index in [2.05, 4.69) is 13.2 Å². The Labute approximate surface area is 330 Å². The van der Waals surface area contributed by atoms with Crippen LogP contribution in [0, 0.1) is 0 Å². The van der Waals surface area contributed by atoms with E-state index < -0.39 is 164 Å². The highest BCUT2D eigenvalue weighted by Gasteiger charge is 2.15. The van der Waals surface area contributed by atoms with Crippen molar-refractivity contribution in [3.8, 4) is 0 Å². The fourth-order valence-electron chi connectivity index (χ4n) is 1.73. The number of rotatable bonds is 21. The molecular formula is C30H62O28. The molecule has 28 nitrogen and oxygen atoms in total. The van der Waals surface area contributed by atoms with Crippen molar-refractivity contribution in [2.24, 2.45) is 0 Å². The van der Waals surface area contributed by atoms with Crippen LogP contribution in [0.15, 0.2) is 24.3 Å². The highest BCUT2D eigenvalue weighted by molar-refractivity contribution is 5.91. The van der Waals surface area contributed by atoms with Crippen molar-refractivity contribution in [1.82, 2.24) is 0 Å². The van der Waals surface area contributed by atoms with Gasteiger partial charge in [-0.05, 0) is 0 Å². The molecule has 58 heavy (non-hydrogen) atoms. The molecule has 350 valence electrons. The van der Waals surface area contributed by atoms with Crippen LogP contribution in [0.4, 0.5) is 0 Å². The van der Waals surface area contributed by atoms with E-state index in [1.165, 1.54) is 0 Å². The summed E-state index contributed by atoms with van der Waals surface area (Å²) in [6, 6.07) is 0. The average molecular weight is 871 g/mol. The Bertz CT molecular complexity index is 844. The summed E-state index contributed by atoms with van der Waals surface area (Å²) in [5.74, 6) is -4.89. The van der Waals surface area contributed by atoms with Gasteiger partial charge in [-0.1, -0.05) is 13.2 Å². The van der Waals surface area contributed by atoms with E-state index in [1.54, 1.807) is 0 Å². The first kappa shape index (κ1) is 69.2. The molecule has 0 radical (unpaired) electrons. The van der Waals surface area contributed by atoms with E-state index in [1.807, 2.05) is 0 Å². The zero-order valence-electron chi connectivity index (χ0n) is 31.0. The number of carboxylic acids is 4. The lowest BCUT2D eigenvalue weighted by Gasteiger charge is -2.10. The standard InChI is InChI=1S/2C5H6O4.5C4H10O4/c2*1-3(5(8)9)2-4(6)7;5*5-1-3(7)4(8)2-6/h2*1-2H2,(H,6,7)(H,8,9);5*3-8H,1-2H2/t;;5*3-,4+. The van der Waals surface area contributed by atoms with E-state index in [0.717, 1.165) is 0 Å². The Morgan fingerprint density at radius 3 is 0.431 bits per heavy atom. The van der Waals surface area contributed by atoms with Crippen molar-refractivity contribution < 1.29 is 142 Å². The fourth-order valence-corrected chi connectivity index (χ4v) is 1.73. The van der Waals surface area contributed by atoms with Gasteiger partial charge in [0.15, 0.2) is 0 Å². The molecule has 0 saturated heterocycles. The zero-order chi connectivity index (χ0) is 47.7. The first-order chi connectivity index (χ1) is 26.7. The largest absolute Gasteiger partial charge is 0.481 e. The van der Waals surface area contributed by atoms with Crippen LogP contribution in [0.1, 0.15) is 12.8 Å². The van der Waals surface area contributed by atoms with Gasteiger partial charge in [-0.25, -0.2) is 9.59 Å². The molecule has 0 aliphatic carbocycles. The Morgan fingerprint density at radius 2 is 0.397 bits per heavy atom. The lowest BCUT2D eigenvalue weighted by atomic mass is 10.2. The first-order valence-electron chi connectivity index (χ1n) is 15.8. The van der Waals surface area contributed by atoms with E-state index in [-0.39, 0.29) is 11.1 Å². The van der Waals surface area contributed by atoms with E-state index in [9.17, 15) is 19.2 Å². The number of aliphatic hydroxyl groups is 20. The summed E-state index contributed by atoms with van der Waals surface area (Å²) in [6.07, 6.45) is -13.2. The van der Waals surface area contributed by atoms with Gasteiger partial charge >= 0.3 is 23.9 Å². The van der Waals surface area contributed by atoms with Crippen molar-refractivity contribution in [2.75, 3.05) is 66.1 Å². The average Bonchev–Trinajstić information content (AvgIpc) is 3.21. The van der Waals surface area contributed by atoms with Crippen LogP contribution in [-0.2, 0) is 19.2 Å². The van der Waals surface area contributed by atoms with Gasteiger partial charge in [0.05, 0.1) is 78.9 Å². The van der Waals surface area contributed by atoms with E-state index in [0.29, 0.717) is 0 Å². The Kier molecular flexibility index (Phi) is 55.2. The molecule has 0 aliphatic rings. The molecule has 0 aliphatic heterocycles. The van der Waals surface area contributed by atoms with Crippen LogP contribution in [0.3, 0.4) is 0 Å². The van der Waals surface area contributed by atoms with Crippen molar-refractivity contribution in [3.05, 3.63) is 24.3 Å². The summed E-state index contributed by atoms with van der Waals surface area (Å²) < 4.78 is 0.